The molecule has 0 aliphatic carbocycles. The van der Waals surface area contributed by atoms with Crippen LogP contribution < -0.4 is 0 Å². The number of nitrogens with zero attached hydrogens (tertiary/aromatic N) is 1. The second kappa shape index (κ2) is 7.43. The molecule has 0 spiro atoms. The summed E-state index contributed by atoms with van der Waals surface area (Å²) in [6.45, 7) is 3.74. The van der Waals surface area contributed by atoms with E-state index in [9.17, 15) is 21.6 Å². The van der Waals surface area contributed by atoms with Crippen molar-refractivity contribution in [2.45, 2.75) is 44.0 Å². The molecule has 0 saturated carbocycles. The van der Waals surface area contributed by atoms with E-state index < -0.39 is 31.9 Å². The third-order valence-corrected chi connectivity index (χ3v) is 8.21. The van der Waals surface area contributed by atoms with Gasteiger partial charge in [0.1, 0.15) is 0 Å². The number of hydrogen-bond donors (Lipinski definition) is 1. The number of carbonyl (C=O) groups is 1. The summed E-state index contributed by atoms with van der Waals surface area (Å²) in [5.74, 6) is -1.42. The highest BCUT2D eigenvalue weighted by Crippen LogP contribution is 2.28. The Morgan fingerprint density at radius 2 is 2.04 bits per heavy atom. The molecule has 0 amide bonds. The van der Waals surface area contributed by atoms with Gasteiger partial charge in [-0.25, -0.2) is 21.6 Å². The van der Waals surface area contributed by atoms with Crippen molar-refractivity contribution in [1.29, 1.82) is 0 Å². The summed E-state index contributed by atoms with van der Waals surface area (Å²) >= 11 is 0. The Morgan fingerprint density at radius 1 is 1.36 bits per heavy atom. The first kappa shape index (κ1) is 19.9. The first-order valence-corrected chi connectivity index (χ1v) is 11.4. The Hall–Kier alpha value is -1.45. The maximum Gasteiger partial charge on any atom is 0.335 e. The standard InChI is InChI=1S/C16H23NO6S2/c1-3-4-8-17(14-7-9-24(20,21)11-14)25(22,23)15-10-13(16(18)19)6-5-12(15)2/h5-6,10,14H,3-4,7-9,11H2,1-2H3,(H,18,19)/t14-/m0/s1. The molecule has 25 heavy (non-hydrogen) atoms. The minimum absolute atomic E-state index is 0.0238. The predicted molar refractivity (Wildman–Crippen MR) is 94.0 cm³/mol. The van der Waals surface area contributed by atoms with E-state index >= 15 is 0 Å². The van der Waals surface area contributed by atoms with E-state index in [4.69, 9.17) is 5.11 Å². The molecule has 0 radical (unpaired) electrons. The lowest BCUT2D eigenvalue weighted by molar-refractivity contribution is 0.0696. The molecule has 0 unspecified atom stereocenters. The van der Waals surface area contributed by atoms with E-state index in [0.29, 0.717) is 12.0 Å². The van der Waals surface area contributed by atoms with E-state index in [2.05, 4.69) is 0 Å². The lowest BCUT2D eigenvalue weighted by Crippen LogP contribution is -2.42. The van der Waals surface area contributed by atoms with Crippen LogP contribution in [0.2, 0.25) is 0 Å². The number of rotatable bonds is 7. The Kier molecular flexibility index (Phi) is 5.90. The van der Waals surface area contributed by atoms with Crippen LogP contribution in [-0.4, -0.2) is 56.3 Å². The number of sulfone groups is 1. The van der Waals surface area contributed by atoms with Gasteiger partial charge in [-0.3, -0.25) is 0 Å². The minimum Gasteiger partial charge on any atom is -0.478 e. The molecule has 1 aliphatic heterocycles. The fourth-order valence-corrected chi connectivity index (χ4v) is 6.72. The van der Waals surface area contributed by atoms with E-state index in [1.165, 1.54) is 16.4 Å². The Bertz CT molecular complexity index is 861. The number of hydrogen-bond acceptors (Lipinski definition) is 5. The molecule has 1 N–H and O–H groups in total. The molecule has 1 aromatic carbocycles. The maximum atomic E-state index is 13.2. The zero-order chi connectivity index (χ0) is 18.8. The lowest BCUT2D eigenvalue weighted by Gasteiger charge is -2.28. The van der Waals surface area contributed by atoms with Crippen LogP contribution in [0.15, 0.2) is 23.1 Å². The Morgan fingerprint density at radius 3 is 2.56 bits per heavy atom. The predicted octanol–water partition coefficient (Wildman–Crippen LogP) is 1.67. The highest BCUT2D eigenvalue weighted by molar-refractivity contribution is 7.92. The van der Waals surface area contributed by atoms with Gasteiger partial charge in [-0.15, -0.1) is 0 Å². The SMILES string of the molecule is CCCCN([C@H]1CCS(=O)(=O)C1)S(=O)(=O)c1cc(C(=O)O)ccc1C. The van der Waals surface area contributed by atoms with Crippen LogP contribution in [0.5, 0.6) is 0 Å². The van der Waals surface area contributed by atoms with Gasteiger partial charge in [0.2, 0.25) is 10.0 Å². The molecule has 7 nitrogen and oxygen atoms in total. The molecule has 0 aromatic heterocycles. The van der Waals surface area contributed by atoms with Crippen LogP contribution in [0.25, 0.3) is 0 Å². The summed E-state index contributed by atoms with van der Waals surface area (Å²) in [5.41, 5.74) is 0.325. The van der Waals surface area contributed by atoms with Crippen molar-refractivity contribution in [3.05, 3.63) is 29.3 Å². The van der Waals surface area contributed by atoms with Gasteiger partial charge in [0, 0.05) is 12.6 Å². The lowest BCUT2D eigenvalue weighted by atomic mass is 10.1. The molecule has 1 saturated heterocycles. The molecule has 140 valence electrons. The zero-order valence-corrected chi connectivity index (χ0v) is 15.9. The van der Waals surface area contributed by atoms with Gasteiger partial charge < -0.3 is 5.11 Å². The normalized spacial score (nSPS) is 20.0. The fourth-order valence-electron chi connectivity index (χ4n) is 2.95. The molecule has 1 atom stereocenters. The van der Waals surface area contributed by atoms with Crippen molar-refractivity contribution in [2.24, 2.45) is 0 Å². The van der Waals surface area contributed by atoms with Crippen molar-refractivity contribution >= 4 is 25.8 Å². The topological polar surface area (TPSA) is 109 Å². The van der Waals surface area contributed by atoms with Crippen LogP contribution in [-0.2, 0) is 19.9 Å². The van der Waals surface area contributed by atoms with E-state index in [0.717, 1.165) is 12.5 Å². The molecule has 1 aromatic rings. The third kappa shape index (κ3) is 4.39. The summed E-state index contributed by atoms with van der Waals surface area (Å²) in [7, 11) is -7.23. The smallest absolute Gasteiger partial charge is 0.335 e. The third-order valence-electron chi connectivity index (χ3n) is 4.37. The summed E-state index contributed by atoms with van der Waals surface area (Å²) in [6.07, 6.45) is 1.63. The van der Waals surface area contributed by atoms with E-state index in [1.54, 1.807) is 6.92 Å². The average Bonchev–Trinajstić information content (AvgIpc) is 2.87. The van der Waals surface area contributed by atoms with Gasteiger partial charge in [0.25, 0.3) is 0 Å². The van der Waals surface area contributed by atoms with Gasteiger partial charge in [-0.05, 0) is 37.5 Å². The molecule has 0 bridgehead atoms. The number of carboxylic acid groups (broad SMARTS) is 1. The Labute approximate surface area is 148 Å². The number of benzene rings is 1. The van der Waals surface area contributed by atoms with Crippen LogP contribution in [0, 0.1) is 6.92 Å². The minimum atomic E-state index is -3.99. The van der Waals surface area contributed by atoms with Crippen LogP contribution in [0.4, 0.5) is 0 Å². The first-order chi connectivity index (χ1) is 11.6. The second-order valence-corrected chi connectivity index (χ2v) is 10.4. The molecule has 1 heterocycles. The fraction of sp³-hybridized carbons (Fsp3) is 0.562. The highest BCUT2D eigenvalue weighted by Gasteiger charge is 2.39. The number of aromatic carboxylic acids is 1. The molecule has 9 heteroatoms. The quantitative estimate of drug-likeness (QED) is 0.760. The van der Waals surface area contributed by atoms with Crippen molar-refractivity contribution in [3.8, 4) is 0 Å². The maximum absolute atomic E-state index is 13.2. The first-order valence-electron chi connectivity index (χ1n) is 8.14. The number of aryl methyl sites for hydroxylation is 1. The van der Waals surface area contributed by atoms with Crippen LogP contribution >= 0.6 is 0 Å². The van der Waals surface area contributed by atoms with Gasteiger partial charge in [0.05, 0.1) is 22.0 Å². The number of carboxylic acids is 1. The number of unbranched alkanes of at least 4 members (excludes halogenated alkanes) is 1. The molecule has 1 aliphatic rings. The summed E-state index contributed by atoms with van der Waals surface area (Å²) in [4.78, 5) is 11.1. The largest absolute Gasteiger partial charge is 0.478 e. The number of sulfonamides is 1. The average molecular weight is 389 g/mol. The van der Waals surface area contributed by atoms with Crippen molar-refractivity contribution in [1.82, 2.24) is 4.31 Å². The molecular weight excluding hydrogens is 366 g/mol. The molecule has 2 rings (SSSR count). The van der Waals surface area contributed by atoms with Gasteiger partial charge in [0.15, 0.2) is 9.84 Å². The van der Waals surface area contributed by atoms with Gasteiger partial charge in [-0.1, -0.05) is 19.4 Å². The summed E-state index contributed by atoms with van der Waals surface area (Å²) in [5, 5.41) is 9.14. The van der Waals surface area contributed by atoms with Crippen molar-refractivity contribution < 1.29 is 26.7 Å². The molecule has 1 fully saturated rings. The Balaban J connectivity index is 2.48. The monoisotopic (exact) mass is 389 g/mol. The van der Waals surface area contributed by atoms with Crippen molar-refractivity contribution in [3.63, 3.8) is 0 Å². The second-order valence-electron chi connectivity index (χ2n) is 6.31. The van der Waals surface area contributed by atoms with E-state index in [1.807, 2.05) is 6.92 Å². The van der Waals surface area contributed by atoms with Gasteiger partial charge in [-0.2, -0.15) is 4.31 Å². The molecular formula is C16H23NO6S2. The highest BCUT2D eigenvalue weighted by atomic mass is 32.2. The van der Waals surface area contributed by atoms with Crippen LogP contribution in [0.1, 0.15) is 42.1 Å². The van der Waals surface area contributed by atoms with Crippen molar-refractivity contribution in [2.75, 3.05) is 18.1 Å². The van der Waals surface area contributed by atoms with E-state index in [-0.39, 0.29) is 34.9 Å². The summed E-state index contributed by atoms with van der Waals surface area (Å²) < 4.78 is 51.2. The van der Waals surface area contributed by atoms with Crippen LogP contribution in [0.3, 0.4) is 0 Å². The zero-order valence-electron chi connectivity index (χ0n) is 14.3. The van der Waals surface area contributed by atoms with Gasteiger partial charge >= 0.3 is 5.97 Å². The summed E-state index contributed by atoms with van der Waals surface area (Å²) in [6, 6.07) is 3.36.